The summed E-state index contributed by atoms with van der Waals surface area (Å²) < 4.78 is 15.3. The summed E-state index contributed by atoms with van der Waals surface area (Å²) >= 11 is 11.0. The molecule has 20 heavy (non-hydrogen) atoms. The lowest BCUT2D eigenvalue weighted by atomic mass is 10.1. The van der Waals surface area contributed by atoms with Gasteiger partial charge in [0.25, 0.3) is 0 Å². The molecule has 108 valence electrons. The molecule has 0 radical (unpaired) electrons. The number of hydrogen-bond acceptors (Lipinski definition) is 4. The molecule has 0 aliphatic heterocycles. The number of rotatable bonds is 6. The zero-order valence-corrected chi connectivity index (χ0v) is 12.6. The Bertz CT molecular complexity index is 520. The van der Waals surface area contributed by atoms with Gasteiger partial charge in [-0.25, -0.2) is 4.79 Å². The molecule has 4 nitrogen and oxygen atoms in total. The van der Waals surface area contributed by atoms with Gasteiger partial charge in [0.05, 0.1) is 20.5 Å². The van der Waals surface area contributed by atoms with Gasteiger partial charge in [-0.05, 0) is 12.1 Å². The van der Waals surface area contributed by atoms with E-state index in [9.17, 15) is 4.79 Å². The van der Waals surface area contributed by atoms with Crippen LogP contribution in [-0.2, 0) is 14.3 Å². The van der Waals surface area contributed by atoms with Crippen LogP contribution in [-0.4, -0.2) is 26.8 Å². The second-order valence-electron chi connectivity index (χ2n) is 3.56. The molecule has 0 bridgehead atoms. The standard InChI is InChI=1S/C14H14Cl2O4/c1-18-9-11(14(17)19-2)10-5-3-4-6-12(10)20-8-7-13(15)16/h3-7,9H,8H2,1-2H3/b11-9+. The summed E-state index contributed by atoms with van der Waals surface area (Å²) in [7, 11) is 2.74. The van der Waals surface area contributed by atoms with Gasteiger partial charge in [0.15, 0.2) is 0 Å². The van der Waals surface area contributed by atoms with Gasteiger partial charge in [-0.3, -0.25) is 0 Å². The molecule has 0 saturated carbocycles. The van der Waals surface area contributed by atoms with Crippen molar-refractivity contribution in [3.8, 4) is 5.75 Å². The van der Waals surface area contributed by atoms with Crippen molar-refractivity contribution in [1.82, 2.24) is 0 Å². The first kappa shape index (κ1) is 16.4. The Hall–Kier alpha value is -1.65. The van der Waals surface area contributed by atoms with Crippen molar-refractivity contribution in [2.24, 2.45) is 0 Å². The molecule has 6 heteroatoms. The monoisotopic (exact) mass is 316 g/mol. The molecule has 0 aliphatic carbocycles. The first-order chi connectivity index (χ1) is 9.60. The molecule has 0 N–H and O–H groups in total. The van der Waals surface area contributed by atoms with Gasteiger partial charge in [-0.2, -0.15) is 0 Å². The highest BCUT2D eigenvalue weighted by Gasteiger charge is 2.17. The number of carbonyl (C=O) groups excluding carboxylic acids is 1. The van der Waals surface area contributed by atoms with Crippen LogP contribution < -0.4 is 4.74 Å². The molecule has 1 aromatic rings. The first-order valence-corrected chi connectivity index (χ1v) is 6.40. The number of hydrogen-bond donors (Lipinski definition) is 0. The third-order valence-corrected chi connectivity index (χ3v) is 2.60. The molecule has 0 atom stereocenters. The van der Waals surface area contributed by atoms with E-state index in [4.69, 9.17) is 37.4 Å². The minimum atomic E-state index is -0.520. The summed E-state index contributed by atoms with van der Waals surface area (Å²) in [5.41, 5.74) is 0.812. The number of carbonyl (C=O) groups is 1. The SMILES string of the molecule is CO/C=C(/C(=O)OC)c1ccccc1OCC=C(Cl)Cl. The maximum Gasteiger partial charge on any atom is 0.341 e. The Morgan fingerprint density at radius 1 is 1.25 bits per heavy atom. The van der Waals surface area contributed by atoms with E-state index in [0.29, 0.717) is 11.3 Å². The number of ether oxygens (including phenoxy) is 3. The van der Waals surface area contributed by atoms with E-state index in [1.807, 2.05) is 0 Å². The van der Waals surface area contributed by atoms with Crippen molar-refractivity contribution in [1.29, 1.82) is 0 Å². The maximum absolute atomic E-state index is 11.8. The van der Waals surface area contributed by atoms with Gasteiger partial charge in [0.2, 0.25) is 0 Å². The molecule has 0 heterocycles. The fourth-order valence-corrected chi connectivity index (χ4v) is 1.58. The van der Waals surface area contributed by atoms with Crippen molar-refractivity contribution in [3.05, 3.63) is 46.7 Å². The second-order valence-corrected chi connectivity index (χ2v) is 4.57. The summed E-state index contributed by atoms with van der Waals surface area (Å²) in [4.78, 5) is 11.8. The summed E-state index contributed by atoms with van der Waals surface area (Å²) in [5.74, 6) is -0.0270. The van der Waals surface area contributed by atoms with Gasteiger partial charge in [-0.1, -0.05) is 41.4 Å². The molecule has 0 fully saturated rings. The largest absolute Gasteiger partial charge is 0.503 e. The normalized spacial score (nSPS) is 10.7. The highest BCUT2D eigenvalue weighted by molar-refractivity contribution is 6.55. The fourth-order valence-electron chi connectivity index (χ4n) is 1.46. The van der Waals surface area contributed by atoms with E-state index < -0.39 is 5.97 Å². The summed E-state index contributed by atoms with van der Waals surface area (Å²) in [5, 5.41) is 0. The predicted octanol–water partition coefficient (Wildman–Crippen LogP) is 3.54. The third-order valence-electron chi connectivity index (χ3n) is 2.29. The van der Waals surface area contributed by atoms with Gasteiger partial charge >= 0.3 is 5.97 Å². The molecule has 1 rings (SSSR count). The zero-order valence-electron chi connectivity index (χ0n) is 11.1. The highest BCUT2D eigenvalue weighted by atomic mass is 35.5. The van der Waals surface area contributed by atoms with Crippen molar-refractivity contribution in [2.75, 3.05) is 20.8 Å². The minimum absolute atomic E-state index is 0.114. The van der Waals surface area contributed by atoms with Crippen molar-refractivity contribution in [2.45, 2.75) is 0 Å². The van der Waals surface area contributed by atoms with Crippen LogP contribution in [0, 0.1) is 0 Å². The van der Waals surface area contributed by atoms with E-state index in [-0.39, 0.29) is 16.7 Å². The van der Waals surface area contributed by atoms with Crippen LogP contribution in [0.15, 0.2) is 41.1 Å². The topological polar surface area (TPSA) is 44.8 Å². The first-order valence-electron chi connectivity index (χ1n) is 5.64. The highest BCUT2D eigenvalue weighted by Crippen LogP contribution is 2.27. The Morgan fingerprint density at radius 3 is 2.55 bits per heavy atom. The van der Waals surface area contributed by atoms with E-state index in [1.54, 1.807) is 24.3 Å². The molecule has 0 saturated heterocycles. The van der Waals surface area contributed by atoms with Crippen LogP contribution in [0.4, 0.5) is 0 Å². The number of benzene rings is 1. The Labute approximate surface area is 127 Å². The summed E-state index contributed by atoms with van der Waals surface area (Å²) in [6, 6.07) is 7.01. The van der Waals surface area contributed by atoms with Crippen LogP contribution in [0.3, 0.4) is 0 Å². The van der Waals surface area contributed by atoms with Crippen molar-refractivity contribution in [3.63, 3.8) is 0 Å². The zero-order chi connectivity index (χ0) is 15.0. The number of methoxy groups -OCH3 is 2. The van der Waals surface area contributed by atoms with Crippen molar-refractivity contribution >= 4 is 34.7 Å². The Balaban J connectivity index is 3.07. The van der Waals surface area contributed by atoms with Crippen LogP contribution in [0.5, 0.6) is 5.75 Å². The molecule has 0 unspecified atom stereocenters. The lowest BCUT2D eigenvalue weighted by Gasteiger charge is -2.11. The summed E-state index contributed by atoms with van der Waals surface area (Å²) in [6.45, 7) is 0.181. The van der Waals surface area contributed by atoms with Gasteiger partial charge in [0.1, 0.15) is 22.4 Å². The van der Waals surface area contributed by atoms with Gasteiger partial charge in [0, 0.05) is 5.56 Å². The molecule has 1 aromatic carbocycles. The predicted molar refractivity (Wildman–Crippen MR) is 78.7 cm³/mol. The number of para-hydroxylation sites is 1. The molecule has 0 aromatic heterocycles. The van der Waals surface area contributed by atoms with Crippen LogP contribution in [0.2, 0.25) is 0 Å². The Kier molecular flexibility index (Phi) is 6.98. The molecular weight excluding hydrogens is 303 g/mol. The van der Waals surface area contributed by atoms with Gasteiger partial charge in [-0.15, -0.1) is 0 Å². The van der Waals surface area contributed by atoms with Gasteiger partial charge < -0.3 is 14.2 Å². The van der Waals surface area contributed by atoms with Crippen LogP contribution in [0.25, 0.3) is 5.57 Å². The average Bonchev–Trinajstić information content (AvgIpc) is 2.44. The average molecular weight is 317 g/mol. The van der Waals surface area contributed by atoms with Crippen molar-refractivity contribution < 1.29 is 19.0 Å². The third kappa shape index (κ3) is 4.79. The van der Waals surface area contributed by atoms with E-state index >= 15 is 0 Å². The summed E-state index contributed by atoms with van der Waals surface area (Å²) in [6.07, 6.45) is 2.80. The van der Waals surface area contributed by atoms with Crippen LogP contribution >= 0.6 is 23.2 Å². The minimum Gasteiger partial charge on any atom is -0.503 e. The lowest BCUT2D eigenvalue weighted by Crippen LogP contribution is -2.06. The van der Waals surface area contributed by atoms with E-state index in [0.717, 1.165) is 0 Å². The quantitative estimate of drug-likeness (QED) is 0.457. The molecule has 0 aliphatic rings. The van der Waals surface area contributed by atoms with E-state index in [2.05, 4.69) is 0 Å². The maximum atomic E-state index is 11.8. The lowest BCUT2D eigenvalue weighted by molar-refractivity contribution is -0.133. The molecular formula is C14H14Cl2O4. The fraction of sp³-hybridized carbons (Fsp3) is 0.214. The molecule has 0 spiro atoms. The number of esters is 1. The second kappa shape index (κ2) is 8.51. The van der Waals surface area contributed by atoms with E-state index in [1.165, 1.54) is 26.6 Å². The molecule has 0 amide bonds. The van der Waals surface area contributed by atoms with Crippen LogP contribution in [0.1, 0.15) is 5.56 Å². The smallest absolute Gasteiger partial charge is 0.341 e. The Morgan fingerprint density at radius 2 is 1.95 bits per heavy atom. The number of halogens is 2.